The molecule has 3 amide bonds. The normalized spacial score (nSPS) is 18.9. The van der Waals surface area contributed by atoms with Gasteiger partial charge in [-0.15, -0.1) is 11.8 Å². The van der Waals surface area contributed by atoms with E-state index in [1.54, 1.807) is 23.1 Å². The number of nitrogens with zero attached hydrogens (tertiary/aromatic N) is 2. The molecule has 0 spiro atoms. The third-order valence-electron chi connectivity index (χ3n) is 5.44. The molecule has 1 fully saturated rings. The van der Waals surface area contributed by atoms with Crippen molar-refractivity contribution in [2.45, 2.75) is 35.8 Å². The Balaban J connectivity index is 1.54. The van der Waals surface area contributed by atoms with Gasteiger partial charge in [-0.3, -0.25) is 14.4 Å². The Morgan fingerprint density at radius 1 is 1.03 bits per heavy atom. The van der Waals surface area contributed by atoms with Crippen LogP contribution in [-0.4, -0.2) is 47.5 Å². The highest BCUT2D eigenvalue weighted by Gasteiger charge is 2.40. The fourth-order valence-electron chi connectivity index (χ4n) is 3.90. The zero-order valence-corrected chi connectivity index (χ0v) is 17.9. The summed E-state index contributed by atoms with van der Waals surface area (Å²) >= 11 is 1.25. The molecule has 1 saturated heterocycles. The second-order valence-electron chi connectivity index (χ2n) is 7.69. The lowest BCUT2D eigenvalue weighted by atomic mass is 10.2. The Hall–Kier alpha value is -2.87. The highest BCUT2D eigenvalue weighted by molar-refractivity contribution is 8.01. The van der Waals surface area contributed by atoms with Gasteiger partial charge in [0.25, 0.3) is 5.91 Å². The third-order valence-corrected chi connectivity index (χ3v) is 6.68. The van der Waals surface area contributed by atoms with Gasteiger partial charge in [-0.2, -0.15) is 0 Å². The van der Waals surface area contributed by atoms with E-state index in [1.807, 2.05) is 12.1 Å². The number of amides is 3. The first kappa shape index (κ1) is 21.4. The second kappa shape index (κ2) is 9.51. The summed E-state index contributed by atoms with van der Waals surface area (Å²) in [5, 5.41) is 1.71. The van der Waals surface area contributed by atoms with Gasteiger partial charge in [-0.25, -0.2) is 4.39 Å². The minimum Gasteiger partial charge on any atom is -0.341 e. The number of nitrogens with one attached hydrogen (secondary N) is 1. The molecule has 0 unspecified atom stereocenters. The maximum absolute atomic E-state index is 13.4. The summed E-state index contributed by atoms with van der Waals surface area (Å²) in [6.07, 6.45) is 4.05. The molecule has 0 saturated carbocycles. The van der Waals surface area contributed by atoms with Gasteiger partial charge in [0.05, 0.1) is 5.69 Å². The van der Waals surface area contributed by atoms with E-state index in [0.29, 0.717) is 24.5 Å². The van der Waals surface area contributed by atoms with Gasteiger partial charge in [-0.1, -0.05) is 31.0 Å². The van der Waals surface area contributed by atoms with Gasteiger partial charge in [-0.05, 0) is 43.2 Å². The molecule has 0 radical (unpaired) electrons. The molecule has 2 heterocycles. The quantitative estimate of drug-likeness (QED) is 0.735. The molecule has 0 bridgehead atoms. The van der Waals surface area contributed by atoms with Crippen LogP contribution in [0.4, 0.5) is 15.8 Å². The van der Waals surface area contributed by atoms with Crippen LogP contribution >= 0.6 is 11.8 Å². The summed E-state index contributed by atoms with van der Waals surface area (Å²) in [5.74, 6) is -1.51. The van der Waals surface area contributed by atoms with Gasteiger partial charge in [0, 0.05) is 23.7 Å². The van der Waals surface area contributed by atoms with Gasteiger partial charge in [0.15, 0.2) is 5.25 Å². The molecular weight excluding hydrogens is 417 g/mol. The van der Waals surface area contributed by atoms with Gasteiger partial charge >= 0.3 is 0 Å². The lowest BCUT2D eigenvalue weighted by Crippen LogP contribution is -2.51. The Morgan fingerprint density at radius 2 is 1.77 bits per heavy atom. The molecule has 6 nitrogen and oxygen atoms in total. The van der Waals surface area contributed by atoms with Crippen LogP contribution in [0.15, 0.2) is 53.4 Å². The van der Waals surface area contributed by atoms with E-state index >= 15 is 0 Å². The van der Waals surface area contributed by atoms with Crippen LogP contribution in [0.1, 0.15) is 25.7 Å². The number of carbonyl (C=O) groups excluding carboxylic acids is 3. The second-order valence-corrected chi connectivity index (χ2v) is 8.83. The van der Waals surface area contributed by atoms with Crippen molar-refractivity contribution < 1.29 is 18.8 Å². The van der Waals surface area contributed by atoms with Crippen molar-refractivity contribution in [1.82, 2.24) is 4.90 Å². The predicted octanol–water partition coefficient (Wildman–Crippen LogP) is 3.67. The lowest BCUT2D eigenvalue weighted by molar-refractivity contribution is -0.135. The number of rotatable bonds is 4. The highest BCUT2D eigenvalue weighted by atomic mass is 32.2. The van der Waals surface area contributed by atoms with Crippen LogP contribution in [0, 0.1) is 5.82 Å². The van der Waals surface area contributed by atoms with Gasteiger partial charge in [0.2, 0.25) is 11.8 Å². The van der Waals surface area contributed by atoms with Gasteiger partial charge < -0.3 is 15.1 Å². The Bertz CT molecular complexity index is 992. The number of fused-ring (bicyclic) bond motifs is 1. The molecule has 2 aromatic carbocycles. The van der Waals surface area contributed by atoms with Crippen molar-refractivity contribution in [3.63, 3.8) is 0 Å². The van der Waals surface area contributed by atoms with Crippen LogP contribution in [0.25, 0.3) is 0 Å². The molecule has 1 N–H and O–H groups in total. The van der Waals surface area contributed by atoms with Crippen molar-refractivity contribution >= 4 is 40.9 Å². The van der Waals surface area contributed by atoms with Crippen molar-refractivity contribution in [1.29, 1.82) is 0 Å². The van der Waals surface area contributed by atoms with Gasteiger partial charge in [0.1, 0.15) is 12.4 Å². The molecule has 1 atom stereocenters. The average Bonchev–Trinajstić information content (AvgIpc) is 3.05. The Labute approximate surface area is 184 Å². The van der Waals surface area contributed by atoms with E-state index in [4.69, 9.17) is 0 Å². The molecule has 8 heteroatoms. The number of benzene rings is 2. The lowest BCUT2D eigenvalue weighted by Gasteiger charge is -2.34. The molecule has 0 aliphatic carbocycles. The van der Waals surface area contributed by atoms with Crippen molar-refractivity contribution in [2.75, 3.05) is 29.9 Å². The van der Waals surface area contributed by atoms with Crippen LogP contribution in [0.2, 0.25) is 0 Å². The molecule has 2 aliphatic rings. The maximum atomic E-state index is 13.4. The van der Waals surface area contributed by atoms with Crippen LogP contribution < -0.4 is 10.2 Å². The van der Waals surface area contributed by atoms with E-state index in [-0.39, 0.29) is 12.5 Å². The van der Waals surface area contributed by atoms with E-state index in [2.05, 4.69) is 5.32 Å². The smallest absolute Gasteiger partial charge is 0.250 e. The van der Waals surface area contributed by atoms with Crippen LogP contribution in [-0.2, 0) is 14.4 Å². The first-order valence-corrected chi connectivity index (χ1v) is 11.3. The Kier molecular flexibility index (Phi) is 6.56. The largest absolute Gasteiger partial charge is 0.341 e. The van der Waals surface area contributed by atoms with E-state index < -0.39 is 22.9 Å². The average molecular weight is 442 g/mol. The highest BCUT2D eigenvalue weighted by Crippen LogP contribution is 2.39. The number of anilines is 2. The summed E-state index contributed by atoms with van der Waals surface area (Å²) in [4.78, 5) is 43.1. The first-order valence-electron chi connectivity index (χ1n) is 10.4. The topological polar surface area (TPSA) is 69.7 Å². The zero-order chi connectivity index (χ0) is 21.8. The van der Waals surface area contributed by atoms with Crippen molar-refractivity contribution in [2.24, 2.45) is 0 Å². The number of para-hydroxylation sites is 1. The number of halogens is 1. The summed E-state index contributed by atoms with van der Waals surface area (Å²) in [7, 11) is 0. The number of hydrogen-bond donors (Lipinski definition) is 1. The number of thioether (sulfide) groups is 1. The summed E-state index contributed by atoms with van der Waals surface area (Å²) in [5.41, 5.74) is 0.918. The minimum atomic E-state index is -0.907. The first-order chi connectivity index (χ1) is 15.0. The zero-order valence-electron chi connectivity index (χ0n) is 17.1. The molecular formula is C23H24FN3O3S. The monoisotopic (exact) mass is 441 g/mol. The molecule has 31 heavy (non-hydrogen) atoms. The van der Waals surface area contributed by atoms with Crippen molar-refractivity contribution in [3.05, 3.63) is 54.3 Å². The molecule has 0 aromatic heterocycles. The number of hydrogen-bond acceptors (Lipinski definition) is 4. The van der Waals surface area contributed by atoms with Crippen LogP contribution in [0.5, 0.6) is 0 Å². The van der Waals surface area contributed by atoms with Crippen LogP contribution in [0.3, 0.4) is 0 Å². The maximum Gasteiger partial charge on any atom is 0.250 e. The fraction of sp³-hybridized carbons (Fsp3) is 0.348. The number of carbonyl (C=O) groups is 3. The molecule has 2 aliphatic heterocycles. The van der Waals surface area contributed by atoms with E-state index in [1.165, 1.54) is 34.9 Å². The third kappa shape index (κ3) is 4.90. The Morgan fingerprint density at radius 3 is 2.52 bits per heavy atom. The minimum absolute atomic E-state index is 0.193. The van der Waals surface area contributed by atoms with E-state index in [0.717, 1.165) is 30.6 Å². The van der Waals surface area contributed by atoms with Crippen molar-refractivity contribution in [3.8, 4) is 0 Å². The molecule has 2 aromatic rings. The molecule has 4 rings (SSSR count). The fourth-order valence-corrected chi connectivity index (χ4v) is 5.09. The SMILES string of the molecule is O=C(CN1C(=O)[C@@H](C(=O)N2CCCCCC2)Sc2ccccc21)Nc1cccc(F)c1. The number of likely N-dealkylation sites (tertiary alicyclic amines) is 1. The summed E-state index contributed by atoms with van der Waals surface area (Å²) < 4.78 is 13.4. The predicted molar refractivity (Wildman–Crippen MR) is 119 cm³/mol. The standard InChI is InChI=1S/C23H24FN3O3S/c24-16-8-7-9-17(14-16)25-20(28)15-27-18-10-3-4-11-19(18)31-21(23(27)30)22(29)26-12-5-1-2-6-13-26/h3-4,7-11,14,21H,1-2,5-6,12-13,15H2,(H,25,28)/t21-/m1/s1. The summed E-state index contributed by atoms with van der Waals surface area (Å²) in [6, 6.07) is 12.8. The van der Waals surface area contributed by atoms with E-state index in [9.17, 15) is 18.8 Å². The summed E-state index contributed by atoms with van der Waals surface area (Å²) in [6.45, 7) is 1.06. The molecule has 162 valence electrons.